The van der Waals surface area contributed by atoms with Crippen LogP contribution in [-0.4, -0.2) is 35.5 Å². The second-order valence-electron chi connectivity index (χ2n) is 4.04. The molecular weight excluding hydrogens is 172 g/mol. The number of hydrogen-bond donors (Lipinski definition) is 1. The molecule has 2 rings (SSSR count). The van der Waals surface area contributed by atoms with E-state index in [-0.39, 0.29) is 18.3 Å². The average Bonchev–Trinajstić information content (AvgIpc) is 2.47. The molecule has 2 aliphatic heterocycles. The van der Waals surface area contributed by atoms with E-state index in [1.165, 1.54) is 0 Å². The Labute approximate surface area is 77.8 Å². The van der Waals surface area contributed by atoms with Crippen molar-refractivity contribution >= 4 is 0 Å². The molecule has 0 bridgehead atoms. The fourth-order valence-corrected chi connectivity index (χ4v) is 1.99. The van der Waals surface area contributed by atoms with Gasteiger partial charge in [-0.25, -0.2) is 0 Å². The molecule has 0 aromatic carbocycles. The van der Waals surface area contributed by atoms with Crippen molar-refractivity contribution < 1.29 is 19.3 Å². The fourth-order valence-electron chi connectivity index (χ4n) is 1.99. The minimum atomic E-state index is -0.836. The van der Waals surface area contributed by atoms with Crippen LogP contribution < -0.4 is 0 Å². The standard InChI is InChI=1S/C9H16O4/c1-4-5-6-7(8(10)11-5)13-9(2,3)12-6/h5-8,10H,4H2,1-3H3/t5-,6?,7?,8?/m1/s1. The van der Waals surface area contributed by atoms with E-state index in [9.17, 15) is 5.11 Å². The quantitative estimate of drug-likeness (QED) is 0.655. The van der Waals surface area contributed by atoms with E-state index in [1.807, 2.05) is 20.8 Å². The van der Waals surface area contributed by atoms with Gasteiger partial charge in [0.25, 0.3) is 0 Å². The topological polar surface area (TPSA) is 47.9 Å². The van der Waals surface area contributed by atoms with Gasteiger partial charge in [0.05, 0.1) is 6.10 Å². The maximum atomic E-state index is 9.51. The molecule has 0 amide bonds. The highest BCUT2D eigenvalue weighted by Gasteiger charge is 2.54. The Kier molecular flexibility index (Phi) is 2.11. The Morgan fingerprint density at radius 2 is 1.85 bits per heavy atom. The van der Waals surface area contributed by atoms with Crippen molar-refractivity contribution in [3.05, 3.63) is 0 Å². The van der Waals surface area contributed by atoms with E-state index in [0.29, 0.717) is 0 Å². The van der Waals surface area contributed by atoms with Crippen molar-refractivity contribution in [1.29, 1.82) is 0 Å². The second-order valence-corrected chi connectivity index (χ2v) is 4.04. The summed E-state index contributed by atoms with van der Waals surface area (Å²) in [6.07, 6.45) is -0.481. The van der Waals surface area contributed by atoms with Crippen LogP contribution in [0.5, 0.6) is 0 Å². The van der Waals surface area contributed by atoms with Crippen LogP contribution in [0.25, 0.3) is 0 Å². The molecule has 0 aromatic rings. The molecule has 13 heavy (non-hydrogen) atoms. The van der Waals surface area contributed by atoms with Crippen molar-refractivity contribution in [2.45, 2.75) is 57.6 Å². The van der Waals surface area contributed by atoms with Crippen LogP contribution in [0.15, 0.2) is 0 Å². The lowest BCUT2D eigenvalue weighted by molar-refractivity contribution is -0.220. The molecule has 2 aliphatic rings. The van der Waals surface area contributed by atoms with E-state index < -0.39 is 12.1 Å². The molecule has 4 nitrogen and oxygen atoms in total. The second kappa shape index (κ2) is 2.92. The largest absolute Gasteiger partial charge is 0.366 e. The molecule has 0 aliphatic carbocycles. The van der Waals surface area contributed by atoms with Gasteiger partial charge in [-0.3, -0.25) is 0 Å². The zero-order chi connectivity index (χ0) is 9.64. The van der Waals surface area contributed by atoms with Crippen LogP contribution in [0.1, 0.15) is 27.2 Å². The molecule has 0 radical (unpaired) electrons. The molecule has 0 spiro atoms. The predicted octanol–water partition coefficient (Wildman–Crippen LogP) is 0.634. The zero-order valence-electron chi connectivity index (χ0n) is 8.19. The third kappa shape index (κ3) is 1.48. The first-order valence-corrected chi connectivity index (χ1v) is 4.72. The number of hydrogen-bond acceptors (Lipinski definition) is 4. The van der Waals surface area contributed by atoms with Gasteiger partial charge in [-0.15, -0.1) is 0 Å². The van der Waals surface area contributed by atoms with Crippen LogP contribution in [0.2, 0.25) is 0 Å². The Morgan fingerprint density at radius 1 is 1.23 bits per heavy atom. The number of rotatable bonds is 1. The van der Waals surface area contributed by atoms with E-state index in [1.54, 1.807) is 0 Å². The van der Waals surface area contributed by atoms with Gasteiger partial charge in [-0.2, -0.15) is 0 Å². The molecule has 2 heterocycles. The summed E-state index contributed by atoms with van der Waals surface area (Å²) < 4.78 is 16.4. The molecule has 0 saturated carbocycles. The normalized spacial score (nSPS) is 48.0. The van der Waals surface area contributed by atoms with E-state index in [4.69, 9.17) is 14.2 Å². The molecule has 2 fully saturated rings. The van der Waals surface area contributed by atoms with Crippen LogP contribution in [0, 0.1) is 0 Å². The molecule has 1 N–H and O–H groups in total. The Balaban J connectivity index is 2.12. The van der Waals surface area contributed by atoms with Crippen LogP contribution in [0.3, 0.4) is 0 Å². The van der Waals surface area contributed by atoms with Gasteiger partial charge < -0.3 is 19.3 Å². The zero-order valence-corrected chi connectivity index (χ0v) is 8.19. The lowest BCUT2D eigenvalue weighted by Gasteiger charge is -2.21. The van der Waals surface area contributed by atoms with E-state index >= 15 is 0 Å². The highest BCUT2D eigenvalue weighted by Crippen LogP contribution is 2.38. The Hall–Kier alpha value is -0.160. The molecule has 4 atom stereocenters. The molecule has 3 unspecified atom stereocenters. The number of ether oxygens (including phenoxy) is 3. The molecule has 2 saturated heterocycles. The van der Waals surface area contributed by atoms with E-state index in [2.05, 4.69) is 0 Å². The van der Waals surface area contributed by atoms with Gasteiger partial charge in [0.1, 0.15) is 12.2 Å². The summed E-state index contributed by atoms with van der Waals surface area (Å²) in [5.74, 6) is -0.590. The minimum Gasteiger partial charge on any atom is -0.366 e. The van der Waals surface area contributed by atoms with Crippen molar-refractivity contribution in [3.8, 4) is 0 Å². The maximum Gasteiger partial charge on any atom is 0.184 e. The molecule has 0 aromatic heterocycles. The summed E-state index contributed by atoms with van der Waals surface area (Å²) in [6, 6.07) is 0. The Bertz CT molecular complexity index is 204. The average molecular weight is 188 g/mol. The van der Waals surface area contributed by atoms with Crippen LogP contribution in [0.4, 0.5) is 0 Å². The lowest BCUT2D eigenvalue weighted by Crippen LogP contribution is -2.29. The fraction of sp³-hybridized carbons (Fsp3) is 1.00. The van der Waals surface area contributed by atoms with E-state index in [0.717, 1.165) is 6.42 Å². The predicted molar refractivity (Wildman–Crippen MR) is 45.0 cm³/mol. The van der Waals surface area contributed by atoms with Crippen molar-refractivity contribution in [2.75, 3.05) is 0 Å². The number of fused-ring (bicyclic) bond motifs is 1. The summed E-state index contributed by atoms with van der Waals surface area (Å²) >= 11 is 0. The smallest absolute Gasteiger partial charge is 0.184 e. The summed E-state index contributed by atoms with van der Waals surface area (Å²) in [5.41, 5.74) is 0. The molecule has 4 heteroatoms. The first-order chi connectivity index (χ1) is 6.03. The van der Waals surface area contributed by atoms with Gasteiger partial charge in [0.2, 0.25) is 0 Å². The maximum absolute atomic E-state index is 9.51. The lowest BCUT2D eigenvalue weighted by atomic mass is 10.1. The summed E-state index contributed by atoms with van der Waals surface area (Å²) in [5, 5.41) is 9.51. The highest BCUT2D eigenvalue weighted by molar-refractivity contribution is 4.93. The highest BCUT2D eigenvalue weighted by atomic mass is 16.8. The summed E-state index contributed by atoms with van der Waals surface area (Å²) in [4.78, 5) is 0. The van der Waals surface area contributed by atoms with Gasteiger partial charge in [0, 0.05) is 0 Å². The van der Waals surface area contributed by atoms with Gasteiger partial charge in [-0.1, -0.05) is 6.92 Å². The van der Waals surface area contributed by atoms with Crippen LogP contribution in [-0.2, 0) is 14.2 Å². The monoisotopic (exact) mass is 188 g/mol. The minimum absolute atomic E-state index is 0.0400. The molecule has 76 valence electrons. The number of aliphatic hydroxyl groups excluding tert-OH is 1. The first kappa shape index (κ1) is 9.40. The number of aliphatic hydroxyl groups is 1. The summed E-state index contributed by atoms with van der Waals surface area (Å²) in [7, 11) is 0. The van der Waals surface area contributed by atoms with Crippen molar-refractivity contribution in [2.24, 2.45) is 0 Å². The third-order valence-electron chi connectivity index (χ3n) is 2.53. The SMILES string of the molecule is CC[C@H]1OC(O)C2OC(C)(C)OC21. The Morgan fingerprint density at radius 3 is 2.46 bits per heavy atom. The molecular formula is C9H16O4. The third-order valence-corrected chi connectivity index (χ3v) is 2.53. The van der Waals surface area contributed by atoms with Crippen molar-refractivity contribution in [1.82, 2.24) is 0 Å². The summed E-state index contributed by atoms with van der Waals surface area (Å²) in [6.45, 7) is 5.71. The van der Waals surface area contributed by atoms with Crippen LogP contribution >= 0.6 is 0 Å². The van der Waals surface area contributed by atoms with Crippen molar-refractivity contribution in [3.63, 3.8) is 0 Å². The van der Waals surface area contributed by atoms with Gasteiger partial charge >= 0.3 is 0 Å². The van der Waals surface area contributed by atoms with Gasteiger partial charge in [-0.05, 0) is 20.3 Å². The first-order valence-electron chi connectivity index (χ1n) is 4.72. The van der Waals surface area contributed by atoms with Gasteiger partial charge in [0.15, 0.2) is 12.1 Å².